The molecule has 2 saturated heterocycles. The van der Waals surface area contributed by atoms with E-state index in [1.807, 2.05) is 0 Å². The van der Waals surface area contributed by atoms with Gasteiger partial charge >= 0.3 is 0 Å². The molecule has 2 aliphatic heterocycles. The maximum Gasteiger partial charge on any atom is 0.226 e. The predicted octanol–water partition coefficient (Wildman–Crippen LogP) is 7.79. The van der Waals surface area contributed by atoms with E-state index >= 15 is 0 Å². The quantitative estimate of drug-likeness (QED) is 0.284. The molecular weight excluding hydrogens is 468 g/mol. The lowest BCUT2D eigenvalue weighted by atomic mass is 9.74. The van der Waals surface area contributed by atoms with Crippen molar-refractivity contribution in [2.75, 3.05) is 13.1 Å². The summed E-state index contributed by atoms with van der Waals surface area (Å²) < 4.78 is 0. The minimum absolute atomic E-state index is 0.0318. The summed E-state index contributed by atoms with van der Waals surface area (Å²) in [5.74, 6) is 0.851. The summed E-state index contributed by atoms with van der Waals surface area (Å²) in [5.41, 5.74) is 3.25. The molecule has 0 radical (unpaired) electrons. The number of nitrogens with one attached hydrogen (secondary N) is 1. The van der Waals surface area contributed by atoms with Crippen LogP contribution in [0.4, 0.5) is 0 Å². The first-order valence-electron chi connectivity index (χ1n) is 15.1. The number of rotatable bonds is 12. The molecule has 2 fully saturated rings. The zero-order chi connectivity index (χ0) is 28.4. The molecule has 2 aliphatic rings. The smallest absolute Gasteiger partial charge is 0.226 e. The van der Waals surface area contributed by atoms with E-state index < -0.39 is 0 Å². The van der Waals surface area contributed by atoms with E-state index in [1.165, 1.54) is 30.4 Å². The van der Waals surface area contributed by atoms with E-state index in [-0.39, 0.29) is 39.4 Å². The van der Waals surface area contributed by atoms with Crippen molar-refractivity contribution < 1.29 is 9.59 Å². The lowest BCUT2D eigenvalue weighted by Crippen LogP contribution is -2.27. The number of amides is 2. The third-order valence-corrected chi connectivity index (χ3v) is 9.36. The first-order chi connectivity index (χ1) is 17.5. The van der Waals surface area contributed by atoms with Crippen molar-refractivity contribution in [2.45, 2.75) is 120 Å². The molecule has 0 saturated carbocycles. The Kier molecular flexibility index (Phi) is 9.47. The van der Waals surface area contributed by atoms with Gasteiger partial charge in [-0.15, -0.1) is 0 Å². The molecule has 1 N–H and O–H groups in total. The van der Waals surface area contributed by atoms with Gasteiger partial charge in [-0.1, -0.05) is 93.0 Å². The Balaban J connectivity index is 1.46. The Bertz CT molecular complexity index is 969. The molecule has 2 heterocycles. The van der Waals surface area contributed by atoms with Crippen LogP contribution in [0, 0.1) is 33.5 Å². The van der Waals surface area contributed by atoms with Crippen LogP contribution in [0.1, 0.15) is 118 Å². The second-order valence-corrected chi connectivity index (χ2v) is 15.8. The first-order valence-corrected chi connectivity index (χ1v) is 15.1. The van der Waals surface area contributed by atoms with E-state index in [0.29, 0.717) is 5.91 Å². The van der Waals surface area contributed by atoms with Crippen LogP contribution in [0.15, 0.2) is 24.3 Å². The van der Waals surface area contributed by atoms with Crippen LogP contribution >= 0.6 is 0 Å². The number of hydrogen-bond acceptors (Lipinski definition) is 2. The third-order valence-electron chi connectivity index (χ3n) is 9.36. The van der Waals surface area contributed by atoms with Crippen LogP contribution < -0.4 is 5.32 Å². The van der Waals surface area contributed by atoms with E-state index in [2.05, 4.69) is 96.8 Å². The Morgan fingerprint density at radius 2 is 1.53 bits per heavy atom. The lowest BCUT2D eigenvalue weighted by molar-refractivity contribution is -0.132. The average molecular weight is 525 g/mol. The Labute approximate surface area is 233 Å². The van der Waals surface area contributed by atoms with Gasteiger partial charge in [0.2, 0.25) is 11.8 Å². The highest BCUT2D eigenvalue weighted by molar-refractivity contribution is 5.82. The minimum atomic E-state index is 0.0318. The second kappa shape index (κ2) is 11.7. The van der Waals surface area contributed by atoms with Gasteiger partial charge in [0.15, 0.2) is 0 Å². The number of unbranched alkanes of at least 4 members (excludes halogenated alkanes) is 1. The fraction of sp³-hybridized carbons (Fsp3) is 0.765. The Hall–Kier alpha value is -1.84. The van der Waals surface area contributed by atoms with Gasteiger partial charge in [0.1, 0.15) is 0 Å². The lowest BCUT2D eigenvalue weighted by Gasteiger charge is -2.29. The molecule has 4 heteroatoms. The highest BCUT2D eigenvalue weighted by Crippen LogP contribution is 2.42. The molecule has 214 valence electrons. The van der Waals surface area contributed by atoms with Crippen molar-refractivity contribution in [3.63, 3.8) is 0 Å². The normalized spacial score (nSPS) is 23.2. The van der Waals surface area contributed by atoms with Crippen molar-refractivity contribution in [3.05, 3.63) is 35.4 Å². The number of carbonyl (C=O) groups excluding carboxylic acids is 2. The van der Waals surface area contributed by atoms with E-state index in [0.717, 1.165) is 51.7 Å². The largest absolute Gasteiger partial charge is 0.355 e. The molecule has 3 rings (SSSR count). The summed E-state index contributed by atoms with van der Waals surface area (Å²) in [6, 6.07) is 8.88. The number of hydrogen-bond donors (Lipinski definition) is 1. The van der Waals surface area contributed by atoms with Crippen LogP contribution in [0.5, 0.6) is 0 Å². The molecule has 0 aliphatic carbocycles. The van der Waals surface area contributed by atoms with Gasteiger partial charge in [0, 0.05) is 31.5 Å². The topological polar surface area (TPSA) is 49.4 Å². The van der Waals surface area contributed by atoms with Gasteiger partial charge < -0.3 is 10.2 Å². The van der Waals surface area contributed by atoms with E-state index in [1.54, 1.807) is 0 Å². The standard InChI is InChI=1S/C34H56N2O2/c1-31(2,3)19-16-28-30(38)36(24-34(28,8)9)22-26-15-12-14-25(21-26)13-10-11-18-32(4,5)20-17-27-29(37)35-23-33(27,6)7/h12,14-15,21,27-28H,10-11,13,16-20,22-24H2,1-9H3,(H,35,37). The molecular formula is C34H56N2O2. The summed E-state index contributed by atoms with van der Waals surface area (Å²) in [5, 5.41) is 3.05. The molecule has 2 unspecified atom stereocenters. The third kappa shape index (κ3) is 8.33. The van der Waals surface area contributed by atoms with Crippen molar-refractivity contribution in [1.82, 2.24) is 10.2 Å². The van der Waals surface area contributed by atoms with Crippen molar-refractivity contribution in [1.29, 1.82) is 0 Å². The van der Waals surface area contributed by atoms with Gasteiger partial charge in [-0.25, -0.2) is 0 Å². The number of nitrogens with zero attached hydrogens (tertiary/aromatic N) is 1. The van der Waals surface area contributed by atoms with Gasteiger partial charge in [-0.3, -0.25) is 9.59 Å². The van der Waals surface area contributed by atoms with Gasteiger partial charge in [0.25, 0.3) is 0 Å². The van der Waals surface area contributed by atoms with Crippen LogP contribution in [-0.4, -0.2) is 29.8 Å². The fourth-order valence-electron chi connectivity index (χ4n) is 6.59. The molecule has 0 aromatic heterocycles. The summed E-state index contributed by atoms with van der Waals surface area (Å²) in [6.45, 7) is 22.8. The maximum atomic E-state index is 13.3. The molecule has 0 bridgehead atoms. The average Bonchev–Trinajstić information content (AvgIpc) is 3.17. The second-order valence-electron chi connectivity index (χ2n) is 15.8. The van der Waals surface area contributed by atoms with E-state index in [9.17, 15) is 9.59 Å². The molecule has 2 atom stereocenters. The molecule has 38 heavy (non-hydrogen) atoms. The summed E-state index contributed by atoms with van der Waals surface area (Å²) in [6.07, 6.45) is 8.79. The predicted molar refractivity (Wildman–Crippen MR) is 159 cm³/mol. The van der Waals surface area contributed by atoms with Crippen LogP contribution in [0.2, 0.25) is 0 Å². The van der Waals surface area contributed by atoms with Gasteiger partial charge in [0.05, 0.1) is 0 Å². The number of benzene rings is 1. The van der Waals surface area contributed by atoms with Crippen molar-refractivity contribution in [3.8, 4) is 0 Å². The summed E-state index contributed by atoms with van der Waals surface area (Å²) >= 11 is 0. The monoisotopic (exact) mass is 524 g/mol. The number of likely N-dealkylation sites (tertiary alicyclic amines) is 1. The van der Waals surface area contributed by atoms with Crippen molar-refractivity contribution in [2.24, 2.45) is 33.5 Å². The first kappa shape index (κ1) is 30.7. The number of carbonyl (C=O) groups is 2. The highest BCUT2D eigenvalue weighted by Gasteiger charge is 2.46. The summed E-state index contributed by atoms with van der Waals surface area (Å²) in [4.78, 5) is 27.7. The van der Waals surface area contributed by atoms with Crippen molar-refractivity contribution >= 4 is 11.8 Å². The molecule has 1 aromatic rings. The Morgan fingerprint density at radius 3 is 2.16 bits per heavy atom. The number of aryl methyl sites for hydroxylation is 1. The van der Waals surface area contributed by atoms with E-state index in [4.69, 9.17) is 0 Å². The maximum absolute atomic E-state index is 13.3. The zero-order valence-electron chi connectivity index (χ0n) is 26.0. The van der Waals surface area contributed by atoms with Crippen LogP contribution in [-0.2, 0) is 22.6 Å². The highest BCUT2D eigenvalue weighted by atomic mass is 16.2. The molecule has 2 amide bonds. The van der Waals surface area contributed by atoms with Crippen LogP contribution in [0.3, 0.4) is 0 Å². The molecule has 4 nitrogen and oxygen atoms in total. The Morgan fingerprint density at radius 1 is 0.868 bits per heavy atom. The van der Waals surface area contributed by atoms with Gasteiger partial charge in [-0.05, 0) is 77.7 Å². The van der Waals surface area contributed by atoms with Crippen LogP contribution in [0.25, 0.3) is 0 Å². The summed E-state index contributed by atoms with van der Waals surface area (Å²) in [7, 11) is 0. The molecule has 1 aromatic carbocycles. The zero-order valence-corrected chi connectivity index (χ0v) is 26.0. The minimum Gasteiger partial charge on any atom is -0.355 e. The molecule has 0 spiro atoms. The van der Waals surface area contributed by atoms with Gasteiger partial charge in [-0.2, -0.15) is 0 Å². The fourth-order valence-corrected chi connectivity index (χ4v) is 6.59. The SMILES string of the molecule is CC(C)(C)CCC1C(=O)N(Cc2cccc(CCCCC(C)(C)CCC3C(=O)NCC3(C)C)c2)CC1(C)C.